The molecule has 5 nitrogen and oxygen atoms in total. The Labute approximate surface area is 144 Å². The molecule has 1 unspecified atom stereocenters. The van der Waals surface area contributed by atoms with Crippen LogP contribution in [-0.4, -0.2) is 29.4 Å². The van der Waals surface area contributed by atoms with Crippen LogP contribution in [0.5, 0.6) is 0 Å². The van der Waals surface area contributed by atoms with Gasteiger partial charge in [0.1, 0.15) is 11.9 Å². The molecule has 1 saturated carbocycles. The van der Waals surface area contributed by atoms with Crippen molar-refractivity contribution in [1.82, 2.24) is 15.6 Å². The van der Waals surface area contributed by atoms with E-state index in [-0.39, 0.29) is 30.0 Å². The van der Waals surface area contributed by atoms with Crippen LogP contribution in [-0.2, 0) is 4.79 Å². The number of carbonyl (C=O) groups excluding carboxylic acids is 2. The predicted octanol–water partition coefficient (Wildman–Crippen LogP) is 2.29. The molecule has 0 bridgehead atoms. The average Bonchev–Trinajstić information content (AvgIpc) is 3.30. The summed E-state index contributed by atoms with van der Waals surface area (Å²) in [7, 11) is 0. The minimum Gasteiger partial charge on any atom is -0.354 e. The highest BCUT2D eigenvalue weighted by atomic mass is 35.5. The van der Waals surface area contributed by atoms with Crippen molar-refractivity contribution in [2.24, 2.45) is 0 Å². The molecule has 24 heavy (non-hydrogen) atoms. The topological polar surface area (TPSA) is 71.1 Å². The molecule has 0 spiro atoms. The van der Waals surface area contributed by atoms with Crippen LogP contribution in [0.15, 0.2) is 24.4 Å². The number of nitrogens with one attached hydrogen (secondary N) is 2. The smallest absolute Gasteiger partial charge is 0.253 e. The van der Waals surface area contributed by atoms with Crippen molar-refractivity contribution < 1.29 is 14.0 Å². The zero-order chi connectivity index (χ0) is 16.0. The number of pyridine rings is 1. The number of amides is 2. The molecule has 1 aliphatic heterocycles. The lowest BCUT2D eigenvalue weighted by Gasteiger charge is -2.10. The number of nitrogens with zero attached hydrogens (tertiary/aromatic N) is 1. The minimum absolute atomic E-state index is 0. The molecule has 7 heteroatoms. The summed E-state index contributed by atoms with van der Waals surface area (Å²) < 4.78 is 14.1. The molecule has 1 saturated heterocycles. The Morgan fingerprint density at radius 3 is 2.71 bits per heavy atom. The number of rotatable bonds is 3. The molecule has 126 valence electrons. The fourth-order valence-electron chi connectivity index (χ4n) is 2.97. The third kappa shape index (κ3) is 3.06. The van der Waals surface area contributed by atoms with E-state index in [1.807, 2.05) is 0 Å². The Kier molecular flexibility index (Phi) is 4.41. The zero-order valence-corrected chi connectivity index (χ0v) is 13.7. The summed E-state index contributed by atoms with van der Waals surface area (Å²) in [4.78, 5) is 28.0. The van der Waals surface area contributed by atoms with Crippen LogP contribution < -0.4 is 10.6 Å². The van der Waals surface area contributed by atoms with E-state index in [9.17, 15) is 14.0 Å². The van der Waals surface area contributed by atoms with Crippen LogP contribution in [0, 0.1) is 5.82 Å². The van der Waals surface area contributed by atoms with Crippen LogP contribution in [0.1, 0.15) is 41.1 Å². The first-order chi connectivity index (χ1) is 11.1. The van der Waals surface area contributed by atoms with Gasteiger partial charge in [-0.1, -0.05) is 0 Å². The molecule has 4 rings (SSSR count). The third-order valence-electron chi connectivity index (χ3n) is 4.43. The maximum atomic E-state index is 14.1. The van der Waals surface area contributed by atoms with E-state index in [0.717, 1.165) is 12.8 Å². The van der Waals surface area contributed by atoms with Gasteiger partial charge < -0.3 is 10.6 Å². The second-order valence-electron chi connectivity index (χ2n) is 6.17. The van der Waals surface area contributed by atoms with Crippen molar-refractivity contribution in [3.63, 3.8) is 0 Å². The van der Waals surface area contributed by atoms with E-state index < -0.39 is 6.04 Å². The molecule has 2 N–H and O–H groups in total. The predicted molar refractivity (Wildman–Crippen MR) is 89.8 cm³/mol. The van der Waals surface area contributed by atoms with Crippen molar-refractivity contribution in [2.75, 3.05) is 6.54 Å². The van der Waals surface area contributed by atoms with Crippen LogP contribution in [0.4, 0.5) is 4.39 Å². The Bertz CT molecular complexity index is 823. The van der Waals surface area contributed by atoms with Crippen LogP contribution in [0.2, 0.25) is 0 Å². The maximum Gasteiger partial charge on any atom is 0.253 e. The summed E-state index contributed by atoms with van der Waals surface area (Å²) in [5, 5.41) is 5.94. The van der Waals surface area contributed by atoms with E-state index in [2.05, 4.69) is 15.6 Å². The molecule has 1 aromatic heterocycles. The minimum atomic E-state index is -0.507. The monoisotopic (exact) mass is 349 g/mol. The summed E-state index contributed by atoms with van der Waals surface area (Å²) in [5.41, 5.74) is 1.73. The van der Waals surface area contributed by atoms with E-state index in [0.29, 0.717) is 40.9 Å². The van der Waals surface area contributed by atoms with Gasteiger partial charge >= 0.3 is 0 Å². The summed E-state index contributed by atoms with van der Waals surface area (Å²) in [6, 6.07) is 4.32. The fraction of sp³-hybridized carbons (Fsp3) is 0.353. The highest BCUT2D eigenvalue weighted by Crippen LogP contribution is 2.42. The Morgan fingerprint density at radius 2 is 2.04 bits per heavy atom. The average molecular weight is 350 g/mol. The van der Waals surface area contributed by atoms with Gasteiger partial charge in [-0.05, 0) is 48.9 Å². The Balaban J connectivity index is 0.00000169. The number of hydrogen-bond donors (Lipinski definition) is 2. The molecule has 0 radical (unpaired) electrons. The van der Waals surface area contributed by atoms with Crippen LogP contribution >= 0.6 is 12.4 Å². The fourth-order valence-corrected chi connectivity index (χ4v) is 2.97. The summed E-state index contributed by atoms with van der Waals surface area (Å²) in [5.74, 6) is -0.472. The highest BCUT2D eigenvalue weighted by Gasteiger charge is 2.28. The van der Waals surface area contributed by atoms with Gasteiger partial charge in [0.2, 0.25) is 5.91 Å². The molecule has 1 atom stereocenters. The standard InChI is InChI=1S/C17H16FN3O2.ClH/c18-13-6-10-5-11(16(22)21-14-3-4-19-17(14)23)8-20-15(10)7-12(13)9-1-2-9;/h5-9,14H,1-4H2,(H,19,23)(H,21,22);1H. The number of benzene rings is 1. The number of halogens is 2. The largest absolute Gasteiger partial charge is 0.354 e. The SMILES string of the molecule is Cl.O=C(NC1CCNC1=O)c1cnc2cc(C3CC3)c(F)cc2c1. The Hall–Kier alpha value is -2.21. The van der Waals surface area contributed by atoms with Gasteiger partial charge in [0, 0.05) is 18.1 Å². The highest BCUT2D eigenvalue weighted by molar-refractivity contribution is 6.00. The Morgan fingerprint density at radius 1 is 1.25 bits per heavy atom. The van der Waals surface area contributed by atoms with Crippen LogP contribution in [0.25, 0.3) is 10.9 Å². The normalized spacial score (nSPS) is 19.7. The molecule has 2 fully saturated rings. The van der Waals surface area contributed by atoms with Crippen LogP contribution in [0.3, 0.4) is 0 Å². The van der Waals surface area contributed by atoms with Gasteiger partial charge in [-0.2, -0.15) is 0 Å². The molecule has 1 aromatic carbocycles. The van der Waals surface area contributed by atoms with E-state index in [1.165, 1.54) is 12.3 Å². The molecular weight excluding hydrogens is 333 g/mol. The van der Waals surface area contributed by atoms with Crippen molar-refractivity contribution in [3.8, 4) is 0 Å². The van der Waals surface area contributed by atoms with Gasteiger partial charge in [-0.15, -0.1) is 12.4 Å². The van der Waals surface area contributed by atoms with Crippen molar-refractivity contribution in [3.05, 3.63) is 41.3 Å². The maximum absolute atomic E-state index is 14.1. The number of hydrogen-bond acceptors (Lipinski definition) is 3. The summed E-state index contributed by atoms with van der Waals surface area (Å²) >= 11 is 0. The quantitative estimate of drug-likeness (QED) is 0.893. The van der Waals surface area contributed by atoms with Gasteiger partial charge in [0.05, 0.1) is 11.1 Å². The molecule has 2 aliphatic rings. The lowest BCUT2D eigenvalue weighted by atomic mass is 10.1. The first-order valence-corrected chi connectivity index (χ1v) is 7.79. The van der Waals surface area contributed by atoms with Gasteiger partial charge in [-0.25, -0.2) is 4.39 Å². The molecule has 2 aromatic rings. The molecule has 2 amide bonds. The first kappa shape index (κ1) is 16.6. The van der Waals surface area contributed by atoms with Crippen molar-refractivity contribution >= 4 is 35.1 Å². The second kappa shape index (κ2) is 6.36. The molecule has 1 aliphatic carbocycles. The number of carbonyl (C=O) groups is 2. The van der Waals surface area contributed by atoms with Gasteiger partial charge in [0.15, 0.2) is 0 Å². The zero-order valence-electron chi connectivity index (χ0n) is 12.8. The van der Waals surface area contributed by atoms with E-state index in [1.54, 1.807) is 12.1 Å². The van der Waals surface area contributed by atoms with E-state index in [4.69, 9.17) is 0 Å². The molecule has 2 heterocycles. The summed E-state index contributed by atoms with van der Waals surface area (Å²) in [6.45, 7) is 0.564. The van der Waals surface area contributed by atoms with Crippen molar-refractivity contribution in [1.29, 1.82) is 0 Å². The first-order valence-electron chi connectivity index (χ1n) is 7.79. The second-order valence-corrected chi connectivity index (χ2v) is 6.17. The third-order valence-corrected chi connectivity index (χ3v) is 4.43. The van der Waals surface area contributed by atoms with Gasteiger partial charge in [-0.3, -0.25) is 14.6 Å². The van der Waals surface area contributed by atoms with Crippen molar-refractivity contribution in [2.45, 2.75) is 31.2 Å². The lowest BCUT2D eigenvalue weighted by molar-refractivity contribution is -0.120. The number of fused-ring (bicyclic) bond motifs is 1. The van der Waals surface area contributed by atoms with Gasteiger partial charge in [0.25, 0.3) is 5.91 Å². The lowest BCUT2D eigenvalue weighted by Crippen LogP contribution is -2.40. The summed E-state index contributed by atoms with van der Waals surface area (Å²) in [6.07, 6.45) is 4.09. The number of aromatic nitrogens is 1. The molecular formula is C17H17ClFN3O2. The van der Waals surface area contributed by atoms with E-state index >= 15 is 0 Å².